The molecule has 0 bridgehead atoms. The van der Waals surface area contributed by atoms with Crippen LogP contribution in [0.1, 0.15) is 41.2 Å². The van der Waals surface area contributed by atoms with Crippen molar-refractivity contribution in [3.8, 4) is 5.75 Å². The zero-order chi connectivity index (χ0) is 39.4. The standard InChI is InChI=1S/C44H47FN4O6Si/c1-27-42(56(3,4)45)39(22-41(52)48-25-30-12-6-5-11-29(30)19-33(48)26-50)55-44(27)36-21-34(54-2)16-17-38(36)49(43(44)53)24-28-10-9-13-32(18-28)47-40(51)20-31-23-46-37-15-8-7-14-35(31)37/h5-18,21,23,27,33,39,42,46,50H,19-20,22,24-26H2,1-4H3,(H,47,51)/t27-,33+,39+,42-,44+/m1/s1. The molecule has 4 heterocycles. The third-order valence-corrected chi connectivity index (χ3v) is 14.5. The summed E-state index contributed by atoms with van der Waals surface area (Å²) < 4.78 is 29.1. The van der Waals surface area contributed by atoms with E-state index in [0.717, 1.165) is 33.2 Å². The summed E-state index contributed by atoms with van der Waals surface area (Å²) in [7, 11) is -2.01. The Morgan fingerprint density at radius 3 is 2.57 bits per heavy atom. The van der Waals surface area contributed by atoms with Crippen LogP contribution in [-0.4, -0.2) is 67.0 Å². The van der Waals surface area contributed by atoms with Gasteiger partial charge in [0.2, 0.25) is 20.2 Å². The monoisotopic (exact) mass is 774 g/mol. The molecule has 0 saturated carbocycles. The Morgan fingerprint density at radius 1 is 1.04 bits per heavy atom. The zero-order valence-corrected chi connectivity index (χ0v) is 33.1. The van der Waals surface area contributed by atoms with Crippen molar-refractivity contribution in [3.63, 3.8) is 0 Å². The maximum absolute atomic E-state index is 16.6. The van der Waals surface area contributed by atoms with Crippen molar-refractivity contribution in [2.75, 3.05) is 23.9 Å². The molecule has 56 heavy (non-hydrogen) atoms. The van der Waals surface area contributed by atoms with Gasteiger partial charge < -0.3 is 38.8 Å². The summed E-state index contributed by atoms with van der Waals surface area (Å²) in [6.45, 7) is 5.40. The van der Waals surface area contributed by atoms with Crippen molar-refractivity contribution < 1.29 is 33.1 Å². The molecular weight excluding hydrogens is 728 g/mol. The number of fused-ring (bicyclic) bond motifs is 4. The summed E-state index contributed by atoms with van der Waals surface area (Å²) in [6, 6.07) is 28.1. The van der Waals surface area contributed by atoms with Gasteiger partial charge in [0.05, 0.1) is 50.9 Å². The fourth-order valence-corrected chi connectivity index (χ4v) is 11.9. The summed E-state index contributed by atoms with van der Waals surface area (Å²) in [5.41, 5.74) is 4.29. The van der Waals surface area contributed by atoms with E-state index in [-0.39, 0.29) is 43.7 Å². The lowest BCUT2D eigenvalue weighted by molar-refractivity contribution is -0.151. The molecule has 3 aliphatic heterocycles. The van der Waals surface area contributed by atoms with Gasteiger partial charge in [-0.05, 0) is 78.2 Å². The van der Waals surface area contributed by atoms with E-state index in [1.54, 1.807) is 42.1 Å². The van der Waals surface area contributed by atoms with E-state index in [1.807, 2.05) is 92.0 Å². The minimum Gasteiger partial charge on any atom is -0.497 e. The number of H-pyrrole nitrogens is 1. The van der Waals surface area contributed by atoms with Crippen LogP contribution in [0.25, 0.3) is 10.9 Å². The first-order chi connectivity index (χ1) is 26.9. The fraction of sp³-hybridized carbons (Fsp3) is 0.341. The van der Waals surface area contributed by atoms with Crippen molar-refractivity contribution in [3.05, 3.63) is 125 Å². The molecule has 10 nitrogen and oxygen atoms in total. The third-order valence-electron chi connectivity index (χ3n) is 12.0. The summed E-state index contributed by atoms with van der Waals surface area (Å²) in [6.07, 6.45) is 1.56. The van der Waals surface area contributed by atoms with Gasteiger partial charge in [0.25, 0.3) is 5.91 Å². The molecule has 0 unspecified atom stereocenters. The molecule has 8 rings (SSSR count). The minimum absolute atomic E-state index is 0.122. The number of hydrogen-bond donors (Lipinski definition) is 3. The van der Waals surface area contributed by atoms with E-state index < -0.39 is 37.6 Å². The van der Waals surface area contributed by atoms with E-state index in [4.69, 9.17) is 9.47 Å². The van der Waals surface area contributed by atoms with Crippen LogP contribution in [0.5, 0.6) is 5.75 Å². The normalized spacial score (nSPS) is 23.1. The highest BCUT2D eigenvalue weighted by atomic mass is 28.4. The molecule has 0 radical (unpaired) electrons. The Morgan fingerprint density at radius 2 is 1.80 bits per heavy atom. The Labute approximate surface area is 326 Å². The van der Waals surface area contributed by atoms with E-state index in [0.29, 0.717) is 35.7 Å². The second-order valence-electron chi connectivity index (χ2n) is 15.9. The van der Waals surface area contributed by atoms with Gasteiger partial charge in [-0.3, -0.25) is 14.4 Å². The molecule has 1 spiro atoms. The molecule has 3 N–H and O–H groups in total. The maximum atomic E-state index is 16.6. The highest BCUT2D eigenvalue weighted by Gasteiger charge is 2.67. The van der Waals surface area contributed by atoms with Gasteiger partial charge in [-0.15, -0.1) is 0 Å². The smallest absolute Gasteiger partial charge is 0.264 e. The highest BCUT2D eigenvalue weighted by molar-refractivity contribution is 6.72. The average molecular weight is 775 g/mol. The lowest BCUT2D eigenvalue weighted by Crippen LogP contribution is -2.48. The molecule has 1 saturated heterocycles. The van der Waals surface area contributed by atoms with E-state index in [1.165, 1.54) is 0 Å². The Hall–Kier alpha value is -5.30. The van der Waals surface area contributed by atoms with Gasteiger partial charge in [0.15, 0.2) is 5.60 Å². The van der Waals surface area contributed by atoms with Gasteiger partial charge in [-0.2, -0.15) is 0 Å². The Kier molecular flexibility index (Phi) is 9.84. The molecule has 5 aromatic rings. The molecule has 3 amide bonds. The largest absolute Gasteiger partial charge is 0.497 e. The fourth-order valence-electron chi connectivity index (χ4n) is 9.43. The number of carbonyl (C=O) groups is 3. The van der Waals surface area contributed by atoms with Crippen molar-refractivity contribution in [2.45, 2.75) is 75.7 Å². The quantitative estimate of drug-likeness (QED) is 0.104. The highest BCUT2D eigenvalue weighted by Crippen LogP contribution is 2.61. The first-order valence-corrected chi connectivity index (χ1v) is 22.1. The second-order valence-corrected chi connectivity index (χ2v) is 19.7. The molecule has 5 atom stereocenters. The second kappa shape index (κ2) is 14.6. The van der Waals surface area contributed by atoms with Crippen LogP contribution >= 0.6 is 0 Å². The van der Waals surface area contributed by atoms with Crippen LogP contribution in [-0.2, 0) is 50.7 Å². The summed E-state index contributed by atoms with van der Waals surface area (Å²) in [5.74, 6) is -0.828. The molecule has 0 aliphatic carbocycles. The van der Waals surface area contributed by atoms with Crippen molar-refractivity contribution in [2.24, 2.45) is 5.92 Å². The van der Waals surface area contributed by atoms with Crippen molar-refractivity contribution in [1.82, 2.24) is 9.88 Å². The number of nitrogens with zero attached hydrogens (tertiary/aromatic N) is 2. The maximum Gasteiger partial charge on any atom is 0.264 e. The summed E-state index contributed by atoms with van der Waals surface area (Å²) in [5, 5.41) is 14.3. The number of halogens is 1. The number of aliphatic hydroxyl groups is 1. The predicted octanol–water partition coefficient (Wildman–Crippen LogP) is 7.02. The summed E-state index contributed by atoms with van der Waals surface area (Å²) >= 11 is 0. The van der Waals surface area contributed by atoms with E-state index >= 15 is 8.90 Å². The number of aromatic amines is 1. The van der Waals surface area contributed by atoms with Crippen LogP contribution in [0, 0.1) is 5.92 Å². The number of rotatable bonds is 10. The topological polar surface area (TPSA) is 124 Å². The number of nitrogens with one attached hydrogen (secondary N) is 2. The third kappa shape index (κ3) is 6.59. The number of aromatic nitrogens is 1. The molecule has 1 aromatic heterocycles. The molecule has 1 fully saturated rings. The first-order valence-electron chi connectivity index (χ1n) is 19.2. The number of carbonyl (C=O) groups excluding carboxylic acids is 3. The number of benzene rings is 4. The Balaban J connectivity index is 1.07. The van der Waals surface area contributed by atoms with Gasteiger partial charge in [-0.25, -0.2) is 0 Å². The van der Waals surface area contributed by atoms with Crippen LogP contribution < -0.4 is 15.0 Å². The summed E-state index contributed by atoms with van der Waals surface area (Å²) in [4.78, 5) is 49.0. The molecule has 12 heteroatoms. The van der Waals surface area contributed by atoms with E-state index in [9.17, 15) is 14.7 Å². The van der Waals surface area contributed by atoms with Gasteiger partial charge in [0.1, 0.15) is 5.75 Å². The number of hydrogen-bond acceptors (Lipinski definition) is 6. The SMILES string of the molecule is COc1ccc2c(c1)[C@]1(O[C@@H](CC(=O)N3Cc4ccccc4C[C@H]3CO)[C@H]([Si](C)(C)F)[C@H]1C)C(=O)N2Cc1cccc(NC(=O)Cc2c[nH]c3ccccc23)c1. The van der Waals surface area contributed by atoms with Gasteiger partial charge in [0, 0.05) is 46.4 Å². The lowest BCUT2D eigenvalue weighted by atomic mass is 9.82. The van der Waals surface area contributed by atoms with Gasteiger partial charge in [-0.1, -0.05) is 61.5 Å². The van der Waals surface area contributed by atoms with Crippen molar-refractivity contribution >= 4 is 48.4 Å². The molecule has 290 valence electrons. The first kappa shape index (κ1) is 37.6. The van der Waals surface area contributed by atoms with E-state index in [2.05, 4.69) is 10.3 Å². The lowest BCUT2D eigenvalue weighted by Gasteiger charge is -2.37. The van der Waals surface area contributed by atoms with Crippen LogP contribution in [0.15, 0.2) is 97.2 Å². The number of amides is 3. The average Bonchev–Trinajstić information content (AvgIpc) is 3.80. The van der Waals surface area contributed by atoms with Gasteiger partial charge >= 0.3 is 0 Å². The zero-order valence-electron chi connectivity index (χ0n) is 32.1. The molecule has 4 aromatic carbocycles. The number of methoxy groups -OCH3 is 1. The Bertz CT molecular complexity index is 2320. The molecule has 3 aliphatic rings. The van der Waals surface area contributed by atoms with Crippen LogP contribution in [0.2, 0.25) is 18.6 Å². The van der Waals surface area contributed by atoms with Crippen LogP contribution in [0.3, 0.4) is 0 Å². The van der Waals surface area contributed by atoms with Crippen molar-refractivity contribution in [1.29, 1.82) is 0 Å². The number of aliphatic hydroxyl groups excluding tert-OH is 1. The number of para-hydroxylation sites is 1. The minimum atomic E-state index is -3.56. The number of anilines is 2. The predicted molar refractivity (Wildman–Crippen MR) is 216 cm³/mol. The molecular formula is C44H47FN4O6Si. The van der Waals surface area contributed by atoms with Crippen LogP contribution in [0.4, 0.5) is 15.5 Å². The number of ether oxygens (including phenoxy) is 2.